The van der Waals surface area contributed by atoms with Gasteiger partial charge in [-0.1, -0.05) is 28.9 Å². The van der Waals surface area contributed by atoms with Crippen LogP contribution in [0, 0.1) is 5.92 Å². The molecule has 0 aromatic heterocycles. The Kier molecular flexibility index (Phi) is 9.32. The van der Waals surface area contributed by atoms with E-state index in [1.165, 1.54) is 13.2 Å². The Morgan fingerprint density at radius 1 is 1.20 bits per heavy atom. The number of benzene rings is 2. The zero-order valence-electron chi connectivity index (χ0n) is 16.6. The maximum atomic E-state index is 12.5. The molecule has 30 heavy (non-hydrogen) atoms. The van der Waals surface area contributed by atoms with Gasteiger partial charge in [0, 0.05) is 16.1 Å². The maximum Gasteiger partial charge on any atom is 0.412 e. The van der Waals surface area contributed by atoms with Crippen molar-refractivity contribution in [3.63, 3.8) is 0 Å². The minimum absolute atomic E-state index is 0.00371. The van der Waals surface area contributed by atoms with Gasteiger partial charge >= 0.3 is 12.1 Å². The van der Waals surface area contributed by atoms with Gasteiger partial charge in [0.05, 0.1) is 19.5 Å². The van der Waals surface area contributed by atoms with Crippen molar-refractivity contribution in [2.45, 2.75) is 19.4 Å². The van der Waals surface area contributed by atoms with Gasteiger partial charge in [0.2, 0.25) is 0 Å². The van der Waals surface area contributed by atoms with Gasteiger partial charge in [-0.15, -0.1) is 0 Å². The molecule has 2 atom stereocenters. The lowest BCUT2D eigenvalue weighted by atomic mass is 9.94. The fourth-order valence-electron chi connectivity index (χ4n) is 2.75. The first-order valence-electron chi connectivity index (χ1n) is 9.20. The summed E-state index contributed by atoms with van der Waals surface area (Å²) in [5.41, 5.74) is 1.17. The average molecular weight is 498 g/mol. The summed E-state index contributed by atoms with van der Waals surface area (Å²) in [6.45, 7) is 2.03. The van der Waals surface area contributed by atoms with Crippen molar-refractivity contribution in [1.82, 2.24) is 0 Å². The second-order valence-electron chi connectivity index (χ2n) is 6.53. The van der Waals surface area contributed by atoms with Crippen LogP contribution in [0.1, 0.15) is 25.0 Å². The first kappa shape index (κ1) is 23.9. The zero-order chi connectivity index (χ0) is 22.1. The number of phenols is 1. The van der Waals surface area contributed by atoms with Crippen LogP contribution in [0.25, 0.3) is 0 Å². The van der Waals surface area contributed by atoms with Crippen LogP contribution in [0.15, 0.2) is 46.9 Å². The van der Waals surface area contributed by atoms with Crippen LogP contribution in [-0.2, 0) is 14.3 Å². The number of hydrogen-bond donors (Lipinski definition) is 3. The maximum absolute atomic E-state index is 12.5. The van der Waals surface area contributed by atoms with Crippen LogP contribution < -0.4 is 10.1 Å². The number of hydrogen-bond acceptors (Lipinski definition) is 7. The van der Waals surface area contributed by atoms with Crippen molar-refractivity contribution in [3.8, 4) is 11.5 Å². The number of rotatable bonds is 9. The molecule has 0 aliphatic rings. The molecule has 2 aromatic rings. The van der Waals surface area contributed by atoms with E-state index in [9.17, 15) is 14.7 Å². The van der Waals surface area contributed by atoms with Gasteiger partial charge in [-0.25, -0.2) is 4.79 Å². The molecule has 0 aliphatic heterocycles. The average Bonchev–Trinajstić information content (AvgIpc) is 2.73. The summed E-state index contributed by atoms with van der Waals surface area (Å²) in [5, 5.41) is 12.8. The highest BCUT2D eigenvalue weighted by molar-refractivity contribution is 9.10. The van der Waals surface area contributed by atoms with Crippen LogP contribution in [-0.4, -0.2) is 36.6 Å². The van der Waals surface area contributed by atoms with Crippen molar-refractivity contribution in [2.75, 3.05) is 24.8 Å². The monoisotopic (exact) mass is 497 g/mol. The van der Waals surface area contributed by atoms with Crippen molar-refractivity contribution in [1.29, 1.82) is 0 Å². The minimum atomic E-state index is -0.688. The molecule has 1 amide bonds. The van der Waals surface area contributed by atoms with Crippen LogP contribution in [0.4, 0.5) is 10.5 Å². The predicted octanol–water partition coefficient (Wildman–Crippen LogP) is 4.95. The molecule has 162 valence electrons. The number of carbonyl (C=O) groups excluding carboxylic acids is 2. The number of carbonyl (C=O) groups is 2. The number of nitrogens with one attached hydrogen (secondary N) is 1. The SMILES string of the molecule is COc1ccc([C@@H](OC(=O)Nc2ccc(Br)cc2)[C@H](C)CCOC(=O)CS)cc1O. The Morgan fingerprint density at radius 3 is 2.50 bits per heavy atom. The van der Waals surface area contributed by atoms with E-state index < -0.39 is 18.2 Å². The smallest absolute Gasteiger partial charge is 0.412 e. The molecule has 2 aromatic carbocycles. The number of amides is 1. The molecule has 0 saturated heterocycles. The van der Waals surface area contributed by atoms with Crippen molar-refractivity contribution in [3.05, 3.63) is 52.5 Å². The molecule has 0 unspecified atom stereocenters. The van der Waals surface area contributed by atoms with Crippen molar-refractivity contribution in [2.24, 2.45) is 5.92 Å². The summed E-state index contributed by atoms with van der Waals surface area (Å²) < 4.78 is 16.7. The fraction of sp³-hybridized carbons (Fsp3) is 0.333. The predicted molar refractivity (Wildman–Crippen MR) is 120 cm³/mol. The lowest BCUT2D eigenvalue weighted by molar-refractivity contribution is -0.141. The number of ether oxygens (including phenoxy) is 3. The molecule has 0 radical (unpaired) electrons. The molecule has 0 aliphatic carbocycles. The summed E-state index contributed by atoms with van der Waals surface area (Å²) in [5.74, 6) is -0.381. The first-order chi connectivity index (χ1) is 14.3. The Hall–Kier alpha value is -2.39. The normalized spacial score (nSPS) is 12.5. The van der Waals surface area contributed by atoms with Gasteiger partial charge in [0.15, 0.2) is 11.5 Å². The van der Waals surface area contributed by atoms with Crippen LogP contribution in [0.2, 0.25) is 0 Å². The summed E-state index contributed by atoms with van der Waals surface area (Å²) in [7, 11) is 1.45. The van der Waals surface area contributed by atoms with E-state index in [1.807, 2.05) is 6.92 Å². The van der Waals surface area contributed by atoms with Gasteiger partial charge in [-0.05, 0) is 48.4 Å². The highest BCUT2D eigenvalue weighted by Gasteiger charge is 2.25. The van der Waals surface area contributed by atoms with E-state index in [0.29, 0.717) is 23.4 Å². The molecule has 2 rings (SSSR count). The number of thiol groups is 1. The van der Waals surface area contributed by atoms with Gasteiger partial charge in [-0.2, -0.15) is 12.6 Å². The van der Waals surface area contributed by atoms with Crippen molar-refractivity contribution < 1.29 is 28.9 Å². The lowest BCUT2D eigenvalue weighted by Crippen LogP contribution is -2.23. The van der Waals surface area contributed by atoms with Gasteiger partial charge in [0.25, 0.3) is 0 Å². The van der Waals surface area contributed by atoms with Crippen LogP contribution >= 0.6 is 28.6 Å². The fourth-order valence-corrected chi connectivity index (χ4v) is 3.10. The van der Waals surface area contributed by atoms with E-state index in [1.54, 1.807) is 36.4 Å². The van der Waals surface area contributed by atoms with E-state index >= 15 is 0 Å². The highest BCUT2D eigenvalue weighted by Crippen LogP contribution is 2.35. The summed E-state index contributed by atoms with van der Waals surface area (Å²) in [4.78, 5) is 23.8. The summed E-state index contributed by atoms with van der Waals surface area (Å²) in [6.07, 6.45) is -0.883. The topological polar surface area (TPSA) is 94.1 Å². The molecule has 0 heterocycles. The standard InChI is InChI=1S/C21H24BrNO6S/c1-13(9-10-28-19(25)12-30)20(14-3-8-18(27-2)17(24)11-14)29-21(26)23-16-6-4-15(22)5-7-16/h3-8,11,13,20,24,30H,9-10,12H2,1-2H3,(H,23,26)/t13-,20+/m1/s1. The molecule has 2 N–H and O–H groups in total. The third kappa shape index (κ3) is 7.14. The van der Waals surface area contributed by atoms with E-state index in [4.69, 9.17) is 14.2 Å². The van der Waals surface area contributed by atoms with Crippen LogP contribution in [0.3, 0.4) is 0 Å². The van der Waals surface area contributed by atoms with Gasteiger partial charge < -0.3 is 19.3 Å². The van der Waals surface area contributed by atoms with E-state index in [2.05, 4.69) is 33.9 Å². The minimum Gasteiger partial charge on any atom is -0.504 e. The summed E-state index contributed by atoms with van der Waals surface area (Å²) in [6, 6.07) is 11.9. The molecule has 7 nitrogen and oxygen atoms in total. The number of phenolic OH excluding ortho intramolecular Hbond substituents is 1. The van der Waals surface area contributed by atoms with E-state index in [-0.39, 0.29) is 24.0 Å². The molecule has 9 heteroatoms. The van der Waals surface area contributed by atoms with Crippen LogP contribution in [0.5, 0.6) is 11.5 Å². The Balaban J connectivity index is 2.14. The van der Waals surface area contributed by atoms with Gasteiger partial charge in [-0.3, -0.25) is 10.1 Å². The molecular weight excluding hydrogens is 474 g/mol. The second-order valence-corrected chi connectivity index (χ2v) is 7.77. The largest absolute Gasteiger partial charge is 0.504 e. The number of methoxy groups -OCH3 is 1. The number of esters is 1. The zero-order valence-corrected chi connectivity index (χ0v) is 19.1. The third-order valence-corrected chi connectivity index (χ3v) is 5.13. The second kappa shape index (κ2) is 11.7. The molecule has 0 fully saturated rings. The van der Waals surface area contributed by atoms with E-state index in [0.717, 1.165) is 4.47 Å². The number of anilines is 1. The Labute approximate surface area is 189 Å². The third-order valence-electron chi connectivity index (χ3n) is 4.34. The lowest BCUT2D eigenvalue weighted by Gasteiger charge is -2.25. The highest BCUT2D eigenvalue weighted by atomic mass is 79.9. The number of aromatic hydroxyl groups is 1. The molecule has 0 spiro atoms. The Morgan fingerprint density at radius 2 is 1.90 bits per heavy atom. The quantitative estimate of drug-likeness (QED) is 0.335. The van der Waals surface area contributed by atoms with Crippen molar-refractivity contribution >= 4 is 46.3 Å². The Bertz CT molecular complexity index is 861. The van der Waals surface area contributed by atoms with Gasteiger partial charge in [0.1, 0.15) is 6.10 Å². The summed E-state index contributed by atoms with van der Waals surface area (Å²) >= 11 is 7.21. The molecule has 0 saturated carbocycles. The molecule has 0 bridgehead atoms. The number of halogens is 1. The first-order valence-corrected chi connectivity index (χ1v) is 10.6. The molecular formula is C21H24BrNO6S.